The average molecular weight is 349 g/mol. The molecule has 3 aliphatic rings. The first kappa shape index (κ1) is 19.7. The number of hydrogen-bond donors (Lipinski definition) is 0. The van der Waals surface area contributed by atoms with E-state index in [9.17, 15) is 0 Å². The monoisotopic (exact) mass is 348 g/mol. The minimum absolute atomic E-state index is 0.274. The molecule has 3 aliphatic carbocycles. The lowest BCUT2D eigenvalue weighted by molar-refractivity contribution is -0.117. The third-order valence-electron chi connectivity index (χ3n) is 8.25. The van der Waals surface area contributed by atoms with Crippen molar-refractivity contribution in [2.24, 2.45) is 23.7 Å². The fraction of sp³-hybridized carbons (Fsp3) is 1.00. The van der Waals surface area contributed by atoms with Crippen LogP contribution in [0.3, 0.4) is 0 Å². The Balaban J connectivity index is 1.39. The molecule has 0 aromatic heterocycles. The van der Waals surface area contributed by atoms with Gasteiger partial charge in [-0.2, -0.15) is 0 Å². The molecule has 146 valence electrons. The summed E-state index contributed by atoms with van der Waals surface area (Å²) in [7, 11) is 0. The molecule has 3 saturated carbocycles. The van der Waals surface area contributed by atoms with E-state index in [1.807, 2.05) is 0 Å². The highest BCUT2D eigenvalue weighted by molar-refractivity contribution is 4.93. The molecule has 0 heterocycles. The molecule has 0 amide bonds. The summed E-state index contributed by atoms with van der Waals surface area (Å²) >= 11 is 0. The van der Waals surface area contributed by atoms with Gasteiger partial charge in [0.05, 0.1) is 5.60 Å². The standard InChI is InChI=1S/C24H44O/c1-3-20-8-10-21(11-9-20)12-13-22-14-16-23(17-15-22)24(25-4-2)18-6-5-7-19-24/h20-23H,3-19H2,1-2H3/t20-,21-,22-,23-. The van der Waals surface area contributed by atoms with Crippen LogP contribution < -0.4 is 0 Å². The molecule has 25 heavy (non-hydrogen) atoms. The molecule has 3 fully saturated rings. The summed E-state index contributed by atoms with van der Waals surface area (Å²) in [5, 5.41) is 0. The highest BCUT2D eigenvalue weighted by Gasteiger charge is 2.41. The van der Waals surface area contributed by atoms with E-state index in [2.05, 4.69) is 13.8 Å². The van der Waals surface area contributed by atoms with Crippen LogP contribution in [-0.2, 0) is 4.74 Å². The summed E-state index contributed by atoms with van der Waals surface area (Å²) in [6, 6.07) is 0. The van der Waals surface area contributed by atoms with Crippen LogP contribution in [0.4, 0.5) is 0 Å². The van der Waals surface area contributed by atoms with Crippen LogP contribution in [-0.4, -0.2) is 12.2 Å². The fourth-order valence-corrected chi connectivity index (χ4v) is 6.49. The fourth-order valence-electron chi connectivity index (χ4n) is 6.49. The van der Waals surface area contributed by atoms with Crippen molar-refractivity contribution >= 4 is 0 Å². The molecule has 3 rings (SSSR count). The van der Waals surface area contributed by atoms with Gasteiger partial charge in [0, 0.05) is 6.61 Å². The zero-order chi connectivity index (χ0) is 17.5. The molecular formula is C24H44O. The summed E-state index contributed by atoms with van der Waals surface area (Å²) < 4.78 is 6.42. The van der Waals surface area contributed by atoms with Crippen molar-refractivity contribution in [3.63, 3.8) is 0 Å². The number of ether oxygens (including phenoxy) is 1. The lowest BCUT2D eigenvalue weighted by atomic mass is 9.67. The van der Waals surface area contributed by atoms with Gasteiger partial charge in [-0.05, 0) is 56.3 Å². The maximum atomic E-state index is 6.42. The van der Waals surface area contributed by atoms with Gasteiger partial charge < -0.3 is 4.74 Å². The first-order chi connectivity index (χ1) is 12.3. The quantitative estimate of drug-likeness (QED) is 0.462. The molecule has 1 heteroatoms. The summed E-state index contributed by atoms with van der Waals surface area (Å²) in [6.45, 7) is 5.50. The van der Waals surface area contributed by atoms with Gasteiger partial charge in [0.1, 0.15) is 0 Å². The highest BCUT2D eigenvalue weighted by Crippen LogP contribution is 2.46. The molecule has 1 nitrogen and oxygen atoms in total. The van der Waals surface area contributed by atoms with Gasteiger partial charge >= 0.3 is 0 Å². The summed E-state index contributed by atoms with van der Waals surface area (Å²) in [5.41, 5.74) is 0.274. The van der Waals surface area contributed by atoms with Crippen LogP contribution in [0.5, 0.6) is 0 Å². The van der Waals surface area contributed by atoms with E-state index in [1.165, 1.54) is 103 Å². The van der Waals surface area contributed by atoms with Gasteiger partial charge in [0.2, 0.25) is 0 Å². The first-order valence-corrected chi connectivity index (χ1v) is 11.9. The van der Waals surface area contributed by atoms with Crippen molar-refractivity contribution in [2.45, 2.75) is 122 Å². The van der Waals surface area contributed by atoms with E-state index >= 15 is 0 Å². The van der Waals surface area contributed by atoms with E-state index in [-0.39, 0.29) is 5.60 Å². The molecule has 0 N–H and O–H groups in total. The third kappa shape index (κ3) is 5.24. The number of hydrogen-bond acceptors (Lipinski definition) is 1. The molecule has 0 bridgehead atoms. The molecule has 0 aromatic rings. The Morgan fingerprint density at radius 1 is 0.680 bits per heavy atom. The molecule has 0 aliphatic heterocycles. The van der Waals surface area contributed by atoms with Crippen LogP contribution in [0.1, 0.15) is 117 Å². The molecule has 0 aromatic carbocycles. The smallest absolute Gasteiger partial charge is 0.0710 e. The Hall–Kier alpha value is -0.0400. The summed E-state index contributed by atoms with van der Waals surface area (Å²) in [5.74, 6) is 4.01. The lowest BCUT2D eigenvalue weighted by Crippen LogP contribution is -2.44. The predicted octanol–water partition coefficient (Wildman–Crippen LogP) is 7.53. The highest BCUT2D eigenvalue weighted by atomic mass is 16.5. The second-order valence-electron chi connectivity index (χ2n) is 9.65. The van der Waals surface area contributed by atoms with Crippen molar-refractivity contribution in [3.05, 3.63) is 0 Å². The zero-order valence-electron chi connectivity index (χ0n) is 17.2. The van der Waals surface area contributed by atoms with Crippen LogP contribution in [0.15, 0.2) is 0 Å². The minimum atomic E-state index is 0.274. The van der Waals surface area contributed by atoms with Gasteiger partial charge in [-0.1, -0.05) is 84.0 Å². The lowest BCUT2D eigenvalue weighted by Gasteiger charge is -2.46. The number of rotatable bonds is 7. The Labute approximate surface area is 157 Å². The SMILES string of the molecule is CCOC1([C@H]2CC[C@H](CC[C@H]3CC[C@H](CC)CC3)CC2)CCCCC1. The molecule has 0 spiro atoms. The van der Waals surface area contributed by atoms with Gasteiger partial charge in [0.25, 0.3) is 0 Å². The largest absolute Gasteiger partial charge is 0.375 e. The Kier molecular flexibility index (Phi) is 7.70. The minimum Gasteiger partial charge on any atom is -0.375 e. The van der Waals surface area contributed by atoms with Crippen LogP contribution >= 0.6 is 0 Å². The van der Waals surface area contributed by atoms with E-state index < -0.39 is 0 Å². The van der Waals surface area contributed by atoms with Crippen molar-refractivity contribution in [1.29, 1.82) is 0 Å². The average Bonchev–Trinajstić information content (AvgIpc) is 2.68. The van der Waals surface area contributed by atoms with Gasteiger partial charge in [-0.25, -0.2) is 0 Å². The molecule has 0 radical (unpaired) electrons. The Bertz CT molecular complexity index is 349. The van der Waals surface area contributed by atoms with Crippen LogP contribution in [0.25, 0.3) is 0 Å². The van der Waals surface area contributed by atoms with E-state index in [0.717, 1.165) is 30.3 Å². The third-order valence-corrected chi connectivity index (χ3v) is 8.25. The van der Waals surface area contributed by atoms with Crippen molar-refractivity contribution < 1.29 is 4.74 Å². The van der Waals surface area contributed by atoms with E-state index in [4.69, 9.17) is 4.74 Å². The topological polar surface area (TPSA) is 9.23 Å². The predicted molar refractivity (Wildman–Crippen MR) is 108 cm³/mol. The van der Waals surface area contributed by atoms with Gasteiger partial charge in [-0.3, -0.25) is 0 Å². The van der Waals surface area contributed by atoms with Gasteiger partial charge in [0.15, 0.2) is 0 Å². The van der Waals surface area contributed by atoms with Crippen LogP contribution in [0, 0.1) is 23.7 Å². The molecule has 0 atom stereocenters. The summed E-state index contributed by atoms with van der Waals surface area (Å²) in [4.78, 5) is 0. The van der Waals surface area contributed by atoms with Gasteiger partial charge in [-0.15, -0.1) is 0 Å². The molecule has 0 unspecified atom stereocenters. The summed E-state index contributed by atoms with van der Waals surface area (Å²) in [6.07, 6.45) is 23.4. The van der Waals surface area contributed by atoms with Crippen LogP contribution in [0.2, 0.25) is 0 Å². The van der Waals surface area contributed by atoms with Crippen molar-refractivity contribution in [2.75, 3.05) is 6.61 Å². The maximum Gasteiger partial charge on any atom is 0.0710 e. The molecule has 0 saturated heterocycles. The maximum absolute atomic E-state index is 6.42. The van der Waals surface area contributed by atoms with E-state index in [1.54, 1.807) is 0 Å². The second-order valence-corrected chi connectivity index (χ2v) is 9.65. The first-order valence-electron chi connectivity index (χ1n) is 11.9. The molecular weight excluding hydrogens is 304 g/mol. The van der Waals surface area contributed by atoms with Crippen molar-refractivity contribution in [1.82, 2.24) is 0 Å². The van der Waals surface area contributed by atoms with E-state index in [0.29, 0.717) is 0 Å². The Morgan fingerprint density at radius 2 is 1.20 bits per heavy atom. The zero-order valence-corrected chi connectivity index (χ0v) is 17.2. The normalized spacial score (nSPS) is 36.2. The Morgan fingerprint density at radius 3 is 1.72 bits per heavy atom. The second kappa shape index (κ2) is 9.77. The van der Waals surface area contributed by atoms with Crippen molar-refractivity contribution in [3.8, 4) is 0 Å².